The van der Waals surface area contributed by atoms with E-state index in [4.69, 9.17) is 9.66 Å². The Kier molecular flexibility index (Phi) is 3.47. The molecule has 0 radical (unpaired) electrons. The average Bonchev–Trinajstić information content (AvgIpc) is 2.97. The van der Waals surface area contributed by atoms with Crippen LogP contribution in [0.3, 0.4) is 0 Å². The Morgan fingerprint density at radius 2 is 2.27 bits per heavy atom. The summed E-state index contributed by atoms with van der Waals surface area (Å²) in [5.74, 6) is 0. The van der Waals surface area contributed by atoms with Crippen molar-refractivity contribution >= 4 is 33.9 Å². The summed E-state index contributed by atoms with van der Waals surface area (Å²) in [7, 11) is -4.84. The molecule has 12 heteroatoms. The van der Waals surface area contributed by atoms with Gasteiger partial charge in [0.05, 0.1) is 12.6 Å². The van der Waals surface area contributed by atoms with Crippen LogP contribution >= 0.6 is 11.3 Å². The van der Waals surface area contributed by atoms with Crippen LogP contribution in [-0.2, 0) is 14.7 Å². The van der Waals surface area contributed by atoms with E-state index in [2.05, 4.69) is 9.60 Å². The molecule has 0 saturated carbocycles. The van der Waals surface area contributed by atoms with Crippen molar-refractivity contribution in [1.82, 2.24) is 15.3 Å². The number of nitrogens with zero attached hydrogens (tertiary/aromatic N) is 2. The molecule has 3 heterocycles. The third kappa shape index (κ3) is 2.49. The van der Waals surface area contributed by atoms with Crippen molar-refractivity contribution in [2.45, 2.75) is 12.1 Å². The van der Waals surface area contributed by atoms with Crippen LogP contribution < -0.4 is 5.32 Å². The van der Waals surface area contributed by atoms with Crippen molar-refractivity contribution in [1.29, 1.82) is 0 Å². The van der Waals surface area contributed by atoms with Gasteiger partial charge >= 0.3 is 22.5 Å². The third-order valence-electron chi connectivity index (χ3n) is 3.47. The van der Waals surface area contributed by atoms with E-state index in [1.165, 1.54) is 16.2 Å². The van der Waals surface area contributed by atoms with Crippen molar-refractivity contribution in [2.75, 3.05) is 13.1 Å². The molecule has 1 aromatic heterocycles. The van der Waals surface area contributed by atoms with E-state index in [-0.39, 0.29) is 13.1 Å². The number of carboxylic acid groups (broad SMARTS) is 1. The highest BCUT2D eigenvalue weighted by Crippen LogP contribution is 2.46. The Bertz CT molecular complexity index is 731. The van der Waals surface area contributed by atoms with E-state index in [1.54, 1.807) is 11.4 Å². The molecule has 0 spiro atoms. The van der Waals surface area contributed by atoms with E-state index < -0.39 is 34.6 Å². The van der Waals surface area contributed by atoms with Crippen molar-refractivity contribution in [3.63, 3.8) is 0 Å². The second-order valence-corrected chi connectivity index (χ2v) is 6.67. The van der Waals surface area contributed by atoms with Crippen LogP contribution in [0, 0.1) is 0 Å². The van der Waals surface area contributed by atoms with Crippen molar-refractivity contribution < 1.29 is 31.9 Å². The summed E-state index contributed by atoms with van der Waals surface area (Å²) >= 11 is 1.33. The maximum absolute atomic E-state index is 12.3. The van der Waals surface area contributed by atoms with Gasteiger partial charge in [-0.3, -0.25) is 4.55 Å². The zero-order chi connectivity index (χ0) is 16.1. The van der Waals surface area contributed by atoms with Crippen LogP contribution in [0.4, 0.5) is 9.59 Å². The molecule has 2 aliphatic heterocycles. The zero-order valence-electron chi connectivity index (χ0n) is 10.9. The number of amides is 3. The van der Waals surface area contributed by atoms with Crippen molar-refractivity contribution in [3.8, 4) is 0 Å². The maximum atomic E-state index is 12.3. The quantitative estimate of drug-likeness (QED) is 0.676. The van der Waals surface area contributed by atoms with E-state index in [9.17, 15) is 18.0 Å². The highest BCUT2D eigenvalue weighted by molar-refractivity contribution is 7.80. The minimum absolute atomic E-state index is 0.0268. The molecule has 2 unspecified atom stereocenters. The van der Waals surface area contributed by atoms with Gasteiger partial charge in [-0.25, -0.2) is 9.59 Å². The van der Waals surface area contributed by atoms with Crippen LogP contribution in [0.5, 0.6) is 0 Å². The van der Waals surface area contributed by atoms with Gasteiger partial charge < -0.3 is 15.3 Å². The molecule has 3 N–H and O–H groups in total. The van der Waals surface area contributed by atoms with E-state index in [1.807, 2.05) is 0 Å². The Labute approximate surface area is 128 Å². The van der Waals surface area contributed by atoms with Crippen LogP contribution in [0.15, 0.2) is 11.4 Å². The Hall–Kier alpha value is -1.89. The largest absolute Gasteiger partial charge is 0.465 e. The molecule has 1 saturated heterocycles. The van der Waals surface area contributed by atoms with Crippen molar-refractivity contribution in [2.24, 2.45) is 0 Å². The summed E-state index contributed by atoms with van der Waals surface area (Å²) in [6.07, 6.45) is -1.22. The molecule has 3 amide bonds. The van der Waals surface area contributed by atoms with Gasteiger partial charge in [0, 0.05) is 11.4 Å². The fourth-order valence-corrected chi connectivity index (χ4v) is 4.11. The van der Waals surface area contributed by atoms with Gasteiger partial charge in [0.15, 0.2) is 0 Å². The van der Waals surface area contributed by atoms with Gasteiger partial charge in [0.2, 0.25) is 0 Å². The maximum Gasteiger partial charge on any atom is 0.418 e. The first-order valence-electron chi connectivity index (χ1n) is 6.09. The lowest BCUT2D eigenvalue weighted by molar-refractivity contribution is -0.0316. The molecule has 1 fully saturated rings. The van der Waals surface area contributed by atoms with E-state index in [0.717, 1.165) is 4.88 Å². The summed E-state index contributed by atoms with van der Waals surface area (Å²) in [6.45, 7) is 0.116. The van der Waals surface area contributed by atoms with Crippen LogP contribution in [0.25, 0.3) is 0 Å². The first-order chi connectivity index (χ1) is 10.3. The standard InChI is InChI=1S/C10H11N3O7S2/c14-9(15)11-3-6-8-5(1-2-21-8)7-4-12(6)10(16)13(7)20-22(17,18)19/h1-2,6-7,11H,3-4H2,(H,14,15)(H,17,18,19). The van der Waals surface area contributed by atoms with Crippen LogP contribution in [0.2, 0.25) is 0 Å². The number of carbonyl (C=O) groups excluding carboxylic acids is 1. The first kappa shape index (κ1) is 15.0. The van der Waals surface area contributed by atoms with Gasteiger partial charge in [0.1, 0.15) is 6.04 Å². The summed E-state index contributed by atoms with van der Waals surface area (Å²) in [6, 6.07) is -0.251. The Morgan fingerprint density at radius 1 is 1.55 bits per heavy atom. The predicted octanol–water partition coefficient (Wildman–Crippen LogP) is 0.583. The highest BCUT2D eigenvalue weighted by atomic mass is 32.3. The molecule has 0 aliphatic carbocycles. The summed E-state index contributed by atoms with van der Waals surface area (Å²) in [5.41, 5.74) is 0.674. The Morgan fingerprint density at radius 3 is 2.91 bits per heavy atom. The molecular weight excluding hydrogens is 338 g/mol. The van der Waals surface area contributed by atoms with E-state index >= 15 is 0 Å². The second-order valence-electron chi connectivity index (χ2n) is 4.72. The first-order valence-corrected chi connectivity index (χ1v) is 8.33. The fourth-order valence-electron chi connectivity index (χ4n) is 2.67. The van der Waals surface area contributed by atoms with Gasteiger partial charge in [-0.15, -0.1) is 15.6 Å². The molecule has 2 aliphatic rings. The van der Waals surface area contributed by atoms with Crippen LogP contribution in [0.1, 0.15) is 22.5 Å². The number of hydrogen-bond donors (Lipinski definition) is 3. The van der Waals surface area contributed by atoms with Gasteiger partial charge in [-0.1, -0.05) is 0 Å². The number of hydrogen-bond acceptors (Lipinski definition) is 6. The molecule has 120 valence electrons. The lowest BCUT2D eigenvalue weighted by atomic mass is 10.00. The molecule has 2 atom stereocenters. The zero-order valence-corrected chi connectivity index (χ0v) is 12.5. The van der Waals surface area contributed by atoms with E-state index in [0.29, 0.717) is 10.6 Å². The summed E-state index contributed by atoms with van der Waals surface area (Å²) in [4.78, 5) is 25.0. The molecule has 22 heavy (non-hydrogen) atoms. The number of rotatable bonds is 4. The molecule has 1 aromatic rings. The topological polar surface area (TPSA) is 136 Å². The minimum atomic E-state index is -4.84. The van der Waals surface area contributed by atoms with Gasteiger partial charge in [0.25, 0.3) is 0 Å². The van der Waals surface area contributed by atoms with Crippen molar-refractivity contribution in [3.05, 3.63) is 21.9 Å². The number of carbonyl (C=O) groups is 2. The van der Waals surface area contributed by atoms with Crippen LogP contribution in [-0.4, -0.2) is 53.3 Å². The number of nitrogens with one attached hydrogen (secondary N) is 1. The lowest BCUT2D eigenvalue weighted by Crippen LogP contribution is -2.40. The number of fused-ring (bicyclic) bond motifs is 4. The number of hydroxylamine groups is 2. The molecule has 3 rings (SSSR count). The summed E-state index contributed by atoms with van der Waals surface area (Å²) < 4.78 is 35.0. The molecule has 2 bridgehead atoms. The highest BCUT2D eigenvalue weighted by Gasteiger charge is 2.50. The SMILES string of the molecule is O=C(O)NCC1c2sccc2C2CN1C(=O)N2OS(=O)(=O)O. The number of urea groups is 1. The third-order valence-corrected chi connectivity index (χ3v) is 4.86. The Balaban J connectivity index is 1.94. The smallest absolute Gasteiger partial charge is 0.418 e. The van der Waals surface area contributed by atoms with Gasteiger partial charge in [-0.05, 0) is 17.0 Å². The monoisotopic (exact) mass is 349 g/mol. The normalized spacial score (nSPS) is 23.6. The number of thiophene rings is 1. The molecule has 10 nitrogen and oxygen atoms in total. The average molecular weight is 349 g/mol. The van der Waals surface area contributed by atoms with Gasteiger partial charge in [-0.2, -0.15) is 13.5 Å². The minimum Gasteiger partial charge on any atom is -0.465 e. The second kappa shape index (κ2) is 5.08. The fraction of sp³-hybridized carbons (Fsp3) is 0.400. The molecular formula is C10H11N3O7S2. The molecule has 0 aromatic carbocycles. The lowest BCUT2D eigenvalue weighted by Gasteiger charge is -2.30. The predicted molar refractivity (Wildman–Crippen MR) is 72.4 cm³/mol. The summed E-state index contributed by atoms with van der Waals surface area (Å²) in [5, 5.41) is 13.3.